The number of allylic oxidation sites excluding steroid dienone is 22. The van der Waals surface area contributed by atoms with Crippen LogP contribution in [0.5, 0.6) is 0 Å². The normalized spacial score (nSPS) is 14.7. The van der Waals surface area contributed by atoms with E-state index >= 15 is 0 Å². The van der Waals surface area contributed by atoms with E-state index in [4.69, 9.17) is 32.3 Å². The van der Waals surface area contributed by atoms with Gasteiger partial charge in [-0.15, -0.1) is 0 Å². The zero-order chi connectivity index (χ0) is 75.2. The SMILES string of the molecule is CC/C=C\C/C=C\C/C=C\C/C=C\C/C=C\C/C=C\CCCCCCCCC(=O)OCC(COP(=O)(O)OCC(O)COP(=O)(O)OCC(O)COC(=O)CCCCCCCCCCCCCCC/C=C\C/C=C\C/C=C\C/C=C\C/C=C\CC)OC(=O)CCCCCCCCCCCCCCC. The molecule has 0 aliphatic rings. The quantitative estimate of drug-likeness (QED) is 0.0146. The molecule has 0 rings (SSSR count). The number of phosphoric ester groups is 2. The van der Waals surface area contributed by atoms with Gasteiger partial charge in [-0.05, 0) is 116 Å². The second-order valence-corrected chi connectivity index (χ2v) is 29.7. The first-order valence-electron chi connectivity index (χ1n) is 40.5. The highest BCUT2D eigenvalue weighted by molar-refractivity contribution is 7.47. The molecular weight excluding hydrogens is 1340 g/mol. The van der Waals surface area contributed by atoms with Gasteiger partial charge in [-0.3, -0.25) is 32.5 Å². The number of aliphatic hydroxyl groups excluding tert-OH is 2. The number of ether oxygens (including phenoxy) is 3. The van der Waals surface area contributed by atoms with Crippen LogP contribution < -0.4 is 0 Å². The Hall–Kier alpha value is -4.31. The van der Waals surface area contributed by atoms with E-state index < -0.39 is 91.5 Å². The minimum Gasteiger partial charge on any atom is -0.463 e. The van der Waals surface area contributed by atoms with E-state index in [0.717, 1.165) is 161 Å². The summed E-state index contributed by atoms with van der Waals surface area (Å²) in [7, 11) is -9.79. The van der Waals surface area contributed by atoms with Gasteiger partial charge in [-0.25, -0.2) is 9.13 Å². The highest BCUT2D eigenvalue weighted by Gasteiger charge is 2.29. The third-order valence-electron chi connectivity index (χ3n) is 16.9. The van der Waals surface area contributed by atoms with Gasteiger partial charge in [0.2, 0.25) is 0 Å². The lowest BCUT2D eigenvalue weighted by atomic mass is 10.0. The average molecular weight is 1490 g/mol. The van der Waals surface area contributed by atoms with Crippen molar-refractivity contribution in [1.82, 2.24) is 0 Å². The Labute approximate surface area is 626 Å². The molecule has 0 amide bonds. The van der Waals surface area contributed by atoms with Gasteiger partial charge in [-0.2, -0.15) is 0 Å². The van der Waals surface area contributed by atoms with Gasteiger partial charge in [0, 0.05) is 19.3 Å². The van der Waals surface area contributed by atoms with Crippen molar-refractivity contribution in [2.24, 2.45) is 0 Å². The van der Waals surface area contributed by atoms with Crippen molar-refractivity contribution in [3.05, 3.63) is 134 Å². The van der Waals surface area contributed by atoms with Gasteiger partial charge in [-0.1, -0.05) is 328 Å². The summed E-state index contributed by atoms with van der Waals surface area (Å²) in [5.41, 5.74) is 0. The monoisotopic (exact) mass is 1490 g/mol. The number of phosphoric acid groups is 2. The van der Waals surface area contributed by atoms with Gasteiger partial charge < -0.3 is 34.2 Å². The van der Waals surface area contributed by atoms with Crippen LogP contribution in [0.1, 0.15) is 329 Å². The Balaban J connectivity index is 4.51. The Bertz CT molecular complexity index is 2410. The smallest absolute Gasteiger partial charge is 0.463 e. The minimum absolute atomic E-state index is 0.102. The summed E-state index contributed by atoms with van der Waals surface area (Å²) in [6.07, 6.45) is 93.6. The molecule has 16 nitrogen and oxygen atoms in total. The van der Waals surface area contributed by atoms with Crippen molar-refractivity contribution in [3.63, 3.8) is 0 Å². The number of hydrogen-bond acceptors (Lipinski definition) is 14. The summed E-state index contributed by atoms with van der Waals surface area (Å²) >= 11 is 0. The molecule has 5 unspecified atom stereocenters. The number of esters is 3. The fourth-order valence-corrected chi connectivity index (χ4v) is 12.4. The third-order valence-corrected chi connectivity index (χ3v) is 18.8. The Kier molecular flexibility index (Phi) is 74.1. The first kappa shape index (κ1) is 98.7. The van der Waals surface area contributed by atoms with E-state index in [-0.39, 0.29) is 19.3 Å². The molecule has 0 saturated carbocycles. The molecule has 0 saturated heterocycles. The molecule has 0 aromatic rings. The fourth-order valence-electron chi connectivity index (χ4n) is 10.8. The highest BCUT2D eigenvalue weighted by atomic mass is 31.2. The topological polar surface area (TPSA) is 231 Å². The van der Waals surface area contributed by atoms with Crippen molar-refractivity contribution in [1.29, 1.82) is 0 Å². The lowest BCUT2D eigenvalue weighted by molar-refractivity contribution is -0.161. The van der Waals surface area contributed by atoms with Gasteiger partial charge in [0.15, 0.2) is 6.10 Å². The molecule has 0 bridgehead atoms. The maximum atomic E-state index is 13.0. The zero-order valence-electron chi connectivity index (χ0n) is 64.7. The van der Waals surface area contributed by atoms with Gasteiger partial charge in [0.25, 0.3) is 0 Å². The Morgan fingerprint density at radius 2 is 0.515 bits per heavy atom. The minimum atomic E-state index is -4.93. The van der Waals surface area contributed by atoms with Crippen molar-refractivity contribution in [3.8, 4) is 0 Å². The highest BCUT2D eigenvalue weighted by Crippen LogP contribution is 2.45. The summed E-state index contributed by atoms with van der Waals surface area (Å²) in [5, 5.41) is 20.6. The van der Waals surface area contributed by atoms with Crippen LogP contribution in [0.3, 0.4) is 0 Å². The molecule has 0 heterocycles. The van der Waals surface area contributed by atoms with Crippen LogP contribution in [0.2, 0.25) is 0 Å². The van der Waals surface area contributed by atoms with Crippen LogP contribution in [0.4, 0.5) is 0 Å². The second kappa shape index (κ2) is 77.3. The maximum absolute atomic E-state index is 13.0. The van der Waals surface area contributed by atoms with E-state index in [1.807, 2.05) is 0 Å². The predicted molar refractivity (Wildman–Crippen MR) is 426 cm³/mol. The van der Waals surface area contributed by atoms with Crippen LogP contribution in [-0.2, 0) is 55.8 Å². The van der Waals surface area contributed by atoms with Gasteiger partial charge in [0.05, 0.1) is 26.4 Å². The summed E-state index contributed by atoms with van der Waals surface area (Å²) < 4.78 is 61.2. The van der Waals surface area contributed by atoms with E-state index in [2.05, 4.69) is 154 Å². The number of hydrogen-bond donors (Lipinski definition) is 4. The van der Waals surface area contributed by atoms with E-state index in [1.165, 1.54) is 109 Å². The molecule has 0 fully saturated rings. The average Bonchev–Trinajstić information content (AvgIpc) is 1.11. The molecule has 18 heteroatoms. The van der Waals surface area contributed by atoms with Gasteiger partial charge >= 0.3 is 33.6 Å². The summed E-state index contributed by atoms with van der Waals surface area (Å²) in [5.74, 6) is -1.58. The first-order valence-corrected chi connectivity index (χ1v) is 43.5. The zero-order valence-corrected chi connectivity index (χ0v) is 66.5. The molecule has 0 aromatic heterocycles. The fraction of sp³-hybridized carbons (Fsp3) is 0.706. The standard InChI is InChI=1S/C85H146O16P2/c1-4-7-10-13-16-19-22-25-27-29-31-33-35-37-38-39-40-42-44-45-47-49-51-54-56-59-62-65-68-71-83(88)95-74-80(86)75-97-102(91,92)98-76-81(87)77-99-103(93,94)100-79-82(101-85(90)73-70-67-64-61-58-53-24-21-18-15-12-9-6-3)78-96-84(89)72-69-66-63-60-57-55-52-50-48-46-43-41-36-34-32-30-28-26-23-20-17-14-11-8-5-2/h7-8,10-11,16-17,19-20,25-28,31-34,37-38,41,43,48,50,80-82,86-87H,4-6,9,12-15,18,21-24,29-30,35-36,39-40,42,44-47,49,51-79H2,1-3H3,(H,91,92)(H,93,94)/b10-7-,11-8-,19-16-,20-17-,27-25-,28-26-,33-31-,34-32-,38-37-,43-41-,50-48-. The van der Waals surface area contributed by atoms with Crippen molar-refractivity contribution in [2.45, 2.75) is 347 Å². The number of rotatable bonds is 76. The maximum Gasteiger partial charge on any atom is 0.472 e. The number of carbonyl (C=O) groups is 3. The summed E-state index contributed by atoms with van der Waals surface area (Å²) in [4.78, 5) is 58.7. The van der Waals surface area contributed by atoms with Crippen LogP contribution in [0.15, 0.2) is 134 Å². The number of carbonyl (C=O) groups excluding carboxylic acids is 3. The Morgan fingerprint density at radius 1 is 0.282 bits per heavy atom. The van der Waals surface area contributed by atoms with E-state index in [9.17, 15) is 43.5 Å². The molecule has 0 aliphatic carbocycles. The second-order valence-electron chi connectivity index (χ2n) is 26.8. The van der Waals surface area contributed by atoms with Gasteiger partial charge in [0.1, 0.15) is 25.4 Å². The van der Waals surface area contributed by atoms with Crippen molar-refractivity contribution in [2.75, 3.05) is 39.6 Å². The lowest BCUT2D eigenvalue weighted by Crippen LogP contribution is -2.30. The van der Waals surface area contributed by atoms with Crippen molar-refractivity contribution < 1.29 is 75.8 Å². The van der Waals surface area contributed by atoms with Crippen molar-refractivity contribution >= 4 is 33.6 Å². The molecule has 592 valence electrons. The van der Waals surface area contributed by atoms with E-state index in [1.54, 1.807) is 0 Å². The molecule has 0 aliphatic heterocycles. The third kappa shape index (κ3) is 78.6. The molecule has 5 atom stereocenters. The first-order chi connectivity index (χ1) is 50.2. The summed E-state index contributed by atoms with van der Waals surface area (Å²) in [6, 6.07) is 0. The van der Waals surface area contributed by atoms with Crippen LogP contribution in [-0.4, -0.2) is 95.9 Å². The van der Waals surface area contributed by atoms with Crippen LogP contribution in [0.25, 0.3) is 0 Å². The molecule has 0 aromatic carbocycles. The predicted octanol–water partition coefficient (Wildman–Crippen LogP) is 23.9. The van der Waals surface area contributed by atoms with E-state index in [0.29, 0.717) is 19.3 Å². The summed E-state index contributed by atoms with van der Waals surface area (Å²) in [6.45, 7) is 2.46. The van der Waals surface area contributed by atoms with Crippen LogP contribution >= 0.6 is 15.6 Å². The molecule has 4 N–H and O–H groups in total. The number of aliphatic hydroxyl groups is 2. The van der Waals surface area contributed by atoms with Crippen LogP contribution in [0, 0.1) is 0 Å². The largest absolute Gasteiger partial charge is 0.472 e. The Morgan fingerprint density at radius 3 is 0.816 bits per heavy atom. The number of unbranched alkanes of at least 4 members (excludes halogenated alkanes) is 31. The molecule has 0 radical (unpaired) electrons. The molecular formula is C85H146O16P2. The lowest BCUT2D eigenvalue weighted by Gasteiger charge is -2.21. The molecule has 103 heavy (non-hydrogen) atoms. The molecule has 0 spiro atoms.